The van der Waals surface area contributed by atoms with Crippen LogP contribution in [0.25, 0.3) is 0 Å². The molecule has 2 unspecified atom stereocenters. The van der Waals surface area contributed by atoms with Crippen LogP contribution < -0.4 is 0 Å². The summed E-state index contributed by atoms with van der Waals surface area (Å²) in [7, 11) is -2.80. The Kier molecular flexibility index (Phi) is 6.17. The number of carbonyl (C=O) groups excluding carboxylic acids is 1. The fraction of sp³-hybridized carbons (Fsp3) is 0.444. The maximum atomic E-state index is 11.2. The zero-order valence-corrected chi connectivity index (χ0v) is 9.32. The molecule has 0 bridgehead atoms. The van der Waals surface area contributed by atoms with Gasteiger partial charge in [-0.1, -0.05) is 12.2 Å². The van der Waals surface area contributed by atoms with E-state index in [0.29, 0.717) is 12.0 Å². The first-order chi connectivity index (χ1) is 6.49. The first-order valence-corrected chi connectivity index (χ1v) is 5.63. The largest absolute Gasteiger partial charge is 0.449 e. The zero-order valence-electron chi connectivity index (χ0n) is 8.32. The number of hydrogen-bond donors (Lipinski definition) is 1. The highest BCUT2D eigenvalue weighted by atomic mass is 31.1. The molecule has 0 saturated carbocycles. The van der Waals surface area contributed by atoms with Crippen molar-refractivity contribution in [2.45, 2.75) is 26.1 Å². The van der Waals surface area contributed by atoms with Crippen molar-refractivity contribution in [3.63, 3.8) is 0 Å². The van der Waals surface area contributed by atoms with E-state index in [0.717, 1.165) is 0 Å². The Hall–Kier alpha value is -0.860. The van der Waals surface area contributed by atoms with Crippen molar-refractivity contribution in [1.29, 1.82) is 0 Å². The zero-order chi connectivity index (χ0) is 11.1. The second-order valence-corrected chi connectivity index (χ2v) is 4.29. The van der Waals surface area contributed by atoms with Crippen LogP contribution in [0, 0.1) is 0 Å². The number of carbonyl (C=O) groups is 1. The molecule has 0 aromatic heterocycles. The Labute approximate surface area is 84.1 Å². The third-order valence-corrected chi connectivity index (χ3v) is 2.36. The number of allylic oxidation sites excluding steroid dienone is 2. The van der Waals surface area contributed by atoms with Crippen molar-refractivity contribution in [3.8, 4) is 0 Å². The Morgan fingerprint density at radius 2 is 2.29 bits per heavy atom. The van der Waals surface area contributed by atoms with Crippen molar-refractivity contribution in [1.82, 2.24) is 0 Å². The summed E-state index contributed by atoms with van der Waals surface area (Å²) < 4.78 is 15.3. The lowest BCUT2D eigenvalue weighted by Gasteiger charge is -2.09. The summed E-state index contributed by atoms with van der Waals surface area (Å²) >= 11 is 0. The van der Waals surface area contributed by atoms with Gasteiger partial charge in [-0.25, -0.2) is 4.79 Å². The summed E-state index contributed by atoms with van der Waals surface area (Å²) in [6.45, 7) is 6.48. The minimum Gasteiger partial charge on any atom is -0.449 e. The highest BCUT2D eigenvalue weighted by Gasteiger charge is 2.14. The molecule has 80 valence electrons. The Bertz CT molecular complexity index is 270. The molecular formula is C9H15O4P. The third kappa shape index (κ3) is 5.00. The van der Waals surface area contributed by atoms with Crippen LogP contribution in [0.5, 0.6) is 0 Å². The van der Waals surface area contributed by atoms with Gasteiger partial charge in [-0.2, -0.15) is 0 Å². The van der Waals surface area contributed by atoms with E-state index in [-0.39, 0.29) is 0 Å². The smallest absolute Gasteiger partial charge is 0.334 e. The lowest BCUT2D eigenvalue weighted by atomic mass is 10.2. The summed E-state index contributed by atoms with van der Waals surface area (Å²) in [5, 5.41) is 0. The van der Waals surface area contributed by atoms with E-state index in [1.54, 1.807) is 19.1 Å². The maximum absolute atomic E-state index is 11.2. The van der Waals surface area contributed by atoms with Crippen molar-refractivity contribution >= 4 is 14.0 Å². The number of esters is 1. The first-order valence-electron chi connectivity index (χ1n) is 4.20. The van der Waals surface area contributed by atoms with Crippen molar-refractivity contribution in [2.24, 2.45) is 0 Å². The summed E-state index contributed by atoms with van der Waals surface area (Å²) in [6.07, 6.45) is 3.87. The molecule has 0 fully saturated rings. The van der Waals surface area contributed by atoms with Crippen LogP contribution in [0.15, 0.2) is 24.3 Å². The Morgan fingerprint density at radius 1 is 1.71 bits per heavy atom. The molecular weight excluding hydrogens is 203 g/mol. The fourth-order valence-corrected chi connectivity index (χ4v) is 0.855. The highest BCUT2D eigenvalue weighted by Crippen LogP contribution is 2.23. The molecule has 0 saturated heterocycles. The van der Waals surface area contributed by atoms with E-state index < -0.39 is 19.8 Å². The standard InChI is InChI=1S/C9H15O4P/c1-4-5-6-7(2)9(10)13-8(3)14(11)12/h4,6,8,14H,1,5H2,2-3H3,(H,11,12). The van der Waals surface area contributed by atoms with Gasteiger partial charge in [0.2, 0.25) is 8.03 Å². The quantitative estimate of drug-likeness (QED) is 0.331. The van der Waals surface area contributed by atoms with Crippen LogP contribution in [-0.2, 0) is 14.1 Å². The summed E-state index contributed by atoms with van der Waals surface area (Å²) in [5.74, 6) is -1.49. The van der Waals surface area contributed by atoms with Gasteiger partial charge in [-0.05, 0) is 20.3 Å². The monoisotopic (exact) mass is 218 g/mol. The molecule has 0 aromatic rings. The fourth-order valence-electron chi connectivity index (χ4n) is 0.647. The van der Waals surface area contributed by atoms with Crippen molar-refractivity contribution in [2.75, 3.05) is 0 Å². The number of hydrogen-bond acceptors (Lipinski definition) is 3. The molecule has 5 heteroatoms. The lowest BCUT2D eigenvalue weighted by Crippen LogP contribution is -2.12. The van der Waals surface area contributed by atoms with E-state index >= 15 is 0 Å². The summed E-state index contributed by atoms with van der Waals surface area (Å²) in [4.78, 5) is 19.9. The Morgan fingerprint density at radius 3 is 2.71 bits per heavy atom. The predicted octanol–water partition coefficient (Wildman–Crippen LogP) is 1.87. The SMILES string of the molecule is C=CCC=C(C)C(=O)OC(C)[PH](=O)O. The van der Waals surface area contributed by atoms with Gasteiger partial charge in [0.25, 0.3) is 0 Å². The van der Waals surface area contributed by atoms with Gasteiger partial charge < -0.3 is 9.63 Å². The molecule has 2 atom stereocenters. The molecule has 0 aliphatic heterocycles. The molecule has 1 N–H and O–H groups in total. The predicted molar refractivity (Wildman–Crippen MR) is 55.3 cm³/mol. The molecule has 0 radical (unpaired) electrons. The van der Waals surface area contributed by atoms with Crippen LogP contribution in [0.4, 0.5) is 0 Å². The van der Waals surface area contributed by atoms with Crippen LogP contribution in [0.2, 0.25) is 0 Å². The van der Waals surface area contributed by atoms with E-state index in [1.807, 2.05) is 0 Å². The molecule has 0 spiro atoms. The molecule has 0 aliphatic carbocycles. The molecule has 4 nitrogen and oxygen atoms in total. The second-order valence-electron chi connectivity index (χ2n) is 2.80. The number of rotatable bonds is 5. The van der Waals surface area contributed by atoms with Gasteiger partial charge in [0, 0.05) is 5.57 Å². The van der Waals surface area contributed by atoms with Crippen LogP contribution >= 0.6 is 8.03 Å². The normalized spacial score (nSPS) is 15.8. The van der Waals surface area contributed by atoms with E-state index in [1.165, 1.54) is 6.92 Å². The summed E-state index contributed by atoms with van der Waals surface area (Å²) in [6, 6.07) is 0. The molecule has 0 rings (SSSR count). The first kappa shape index (κ1) is 13.1. The van der Waals surface area contributed by atoms with Gasteiger partial charge in [0.15, 0.2) is 5.85 Å². The van der Waals surface area contributed by atoms with Crippen molar-refractivity contribution < 1.29 is 19.0 Å². The minimum absolute atomic E-state index is 0.417. The third-order valence-electron chi connectivity index (χ3n) is 1.54. The molecule has 0 aromatic carbocycles. The van der Waals surface area contributed by atoms with Crippen LogP contribution in [0.1, 0.15) is 20.3 Å². The van der Waals surface area contributed by atoms with Gasteiger partial charge in [-0.3, -0.25) is 4.57 Å². The minimum atomic E-state index is -2.80. The molecule has 0 amide bonds. The highest BCUT2D eigenvalue weighted by molar-refractivity contribution is 7.38. The van der Waals surface area contributed by atoms with Crippen LogP contribution in [0.3, 0.4) is 0 Å². The Balaban J connectivity index is 4.20. The average molecular weight is 218 g/mol. The molecule has 0 aliphatic rings. The van der Waals surface area contributed by atoms with Crippen molar-refractivity contribution in [3.05, 3.63) is 24.3 Å². The van der Waals surface area contributed by atoms with E-state index in [2.05, 4.69) is 6.58 Å². The average Bonchev–Trinajstić information content (AvgIpc) is 2.13. The lowest BCUT2D eigenvalue weighted by molar-refractivity contribution is -0.140. The van der Waals surface area contributed by atoms with Gasteiger partial charge >= 0.3 is 5.97 Å². The van der Waals surface area contributed by atoms with E-state index in [4.69, 9.17) is 9.63 Å². The van der Waals surface area contributed by atoms with Gasteiger partial charge in [0.1, 0.15) is 0 Å². The molecule has 0 heterocycles. The topological polar surface area (TPSA) is 63.6 Å². The second kappa shape index (κ2) is 6.57. The maximum Gasteiger partial charge on any atom is 0.334 e. The summed E-state index contributed by atoms with van der Waals surface area (Å²) in [5.41, 5.74) is 0.417. The van der Waals surface area contributed by atoms with Gasteiger partial charge in [0.05, 0.1) is 0 Å². The van der Waals surface area contributed by atoms with Gasteiger partial charge in [-0.15, -0.1) is 6.58 Å². The number of ether oxygens (including phenoxy) is 1. The van der Waals surface area contributed by atoms with Crippen LogP contribution in [-0.4, -0.2) is 16.7 Å². The molecule has 14 heavy (non-hydrogen) atoms. The van der Waals surface area contributed by atoms with E-state index in [9.17, 15) is 9.36 Å².